The van der Waals surface area contributed by atoms with E-state index in [1.165, 1.54) is 4.90 Å². The van der Waals surface area contributed by atoms with Crippen molar-refractivity contribution in [1.82, 2.24) is 20.5 Å². The van der Waals surface area contributed by atoms with Crippen LogP contribution in [-0.4, -0.2) is 65.2 Å². The zero-order chi connectivity index (χ0) is 25.1. The average molecular weight is 489 g/mol. The molecular formula is C27H28N4O5. The van der Waals surface area contributed by atoms with Crippen molar-refractivity contribution in [2.24, 2.45) is 5.92 Å². The van der Waals surface area contributed by atoms with Crippen LogP contribution in [-0.2, 0) is 14.4 Å². The smallest absolute Gasteiger partial charge is 0.271 e. The molecule has 5 rings (SSSR count). The number of ether oxygens (including phenoxy) is 1. The molecule has 3 heterocycles. The molecule has 2 saturated heterocycles. The predicted octanol–water partition coefficient (Wildman–Crippen LogP) is 2.04. The summed E-state index contributed by atoms with van der Waals surface area (Å²) in [5.74, 6) is -0.525. The zero-order valence-electron chi connectivity index (χ0n) is 19.7. The van der Waals surface area contributed by atoms with Crippen molar-refractivity contribution in [1.29, 1.82) is 0 Å². The van der Waals surface area contributed by atoms with Crippen LogP contribution in [0.3, 0.4) is 0 Å². The number of amides is 3. The fourth-order valence-corrected chi connectivity index (χ4v) is 4.99. The summed E-state index contributed by atoms with van der Waals surface area (Å²) in [5.41, 5.74) is 1.21. The van der Waals surface area contributed by atoms with E-state index in [1.807, 2.05) is 54.6 Å². The van der Waals surface area contributed by atoms with E-state index in [0.717, 1.165) is 10.9 Å². The molecule has 1 aromatic heterocycles. The van der Waals surface area contributed by atoms with Crippen molar-refractivity contribution >= 4 is 34.9 Å². The quantitative estimate of drug-likeness (QED) is 0.419. The minimum Gasteiger partial charge on any atom is -0.488 e. The highest BCUT2D eigenvalue weighted by molar-refractivity contribution is 6.00. The van der Waals surface area contributed by atoms with Gasteiger partial charge in [-0.15, -0.1) is 0 Å². The number of benzene rings is 2. The van der Waals surface area contributed by atoms with Crippen molar-refractivity contribution in [2.75, 3.05) is 13.1 Å². The number of para-hydroxylation sites is 2. The van der Waals surface area contributed by atoms with E-state index in [2.05, 4.69) is 15.6 Å². The second kappa shape index (κ2) is 10.2. The van der Waals surface area contributed by atoms with Gasteiger partial charge in [0.1, 0.15) is 29.9 Å². The Labute approximate surface area is 208 Å². The second-order valence-electron chi connectivity index (χ2n) is 9.30. The molecule has 0 saturated carbocycles. The van der Waals surface area contributed by atoms with Gasteiger partial charge in [-0.2, -0.15) is 0 Å². The number of aromatic nitrogens is 1. The van der Waals surface area contributed by atoms with E-state index in [0.29, 0.717) is 30.7 Å². The second-order valence-corrected chi connectivity index (χ2v) is 9.30. The first-order valence-electron chi connectivity index (χ1n) is 12.2. The van der Waals surface area contributed by atoms with E-state index in [9.17, 15) is 19.2 Å². The molecule has 3 amide bonds. The fraction of sp³-hybridized carbons (Fsp3) is 0.333. The molecule has 9 nitrogen and oxygen atoms in total. The maximum Gasteiger partial charge on any atom is 0.271 e. The molecular weight excluding hydrogens is 460 g/mol. The molecule has 0 aliphatic carbocycles. The third kappa shape index (κ3) is 4.95. The number of fused-ring (bicyclic) bond motifs is 1. The number of H-pyrrole nitrogens is 1. The molecule has 0 spiro atoms. The Balaban J connectivity index is 1.35. The molecule has 0 radical (unpaired) electrons. The lowest BCUT2D eigenvalue weighted by molar-refractivity contribution is -0.128. The number of hydrogen-bond acceptors (Lipinski definition) is 5. The summed E-state index contributed by atoms with van der Waals surface area (Å²) in [7, 11) is 0. The number of rotatable bonds is 8. The number of hydrogen-bond donors (Lipinski definition) is 3. The van der Waals surface area contributed by atoms with Crippen LogP contribution in [0.15, 0.2) is 60.7 Å². The van der Waals surface area contributed by atoms with Crippen LogP contribution >= 0.6 is 0 Å². The summed E-state index contributed by atoms with van der Waals surface area (Å²) in [5, 5.41) is 6.40. The van der Waals surface area contributed by atoms with E-state index < -0.39 is 24.1 Å². The summed E-state index contributed by atoms with van der Waals surface area (Å²) in [6, 6.07) is 16.9. The summed E-state index contributed by atoms with van der Waals surface area (Å²) < 4.78 is 6.08. The standard InChI is InChI=1S/C27H28N4O5/c32-16-19(12-18-10-11-28-25(18)33)29-26(34)24-14-21(36-20-7-2-1-3-8-20)15-31(24)27(35)23-13-17-6-4-5-9-22(17)30-23/h1-9,13,16,18-19,21,24,30H,10-12,14-15H2,(H,28,33)(H,29,34)/t18-,19-,21+,24-/m0/s1. The van der Waals surface area contributed by atoms with Gasteiger partial charge >= 0.3 is 0 Å². The number of nitrogens with zero attached hydrogens (tertiary/aromatic N) is 1. The number of aldehydes is 1. The molecule has 36 heavy (non-hydrogen) atoms. The van der Waals surface area contributed by atoms with Gasteiger partial charge in [0.2, 0.25) is 11.8 Å². The van der Waals surface area contributed by atoms with Crippen LogP contribution in [0.1, 0.15) is 29.8 Å². The highest BCUT2D eigenvalue weighted by Gasteiger charge is 2.42. The molecule has 0 unspecified atom stereocenters. The highest BCUT2D eigenvalue weighted by Crippen LogP contribution is 2.26. The van der Waals surface area contributed by atoms with Crippen molar-refractivity contribution in [3.05, 3.63) is 66.4 Å². The Morgan fingerprint density at radius 2 is 1.92 bits per heavy atom. The van der Waals surface area contributed by atoms with Crippen LogP contribution in [0.5, 0.6) is 5.75 Å². The molecule has 2 aliphatic rings. The van der Waals surface area contributed by atoms with Gasteiger partial charge in [-0.25, -0.2) is 0 Å². The number of nitrogens with one attached hydrogen (secondary N) is 3. The lowest BCUT2D eigenvalue weighted by Gasteiger charge is -2.25. The van der Waals surface area contributed by atoms with E-state index in [-0.39, 0.29) is 37.1 Å². The minimum atomic E-state index is -0.822. The molecule has 3 aromatic rings. The number of aromatic amines is 1. The molecule has 2 fully saturated rings. The van der Waals surface area contributed by atoms with Gasteiger partial charge in [0.05, 0.1) is 12.6 Å². The maximum atomic E-state index is 13.5. The number of likely N-dealkylation sites (tertiary alicyclic amines) is 1. The summed E-state index contributed by atoms with van der Waals surface area (Å²) >= 11 is 0. The zero-order valence-corrected chi connectivity index (χ0v) is 19.7. The van der Waals surface area contributed by atoms with Crippen molar-refractivity contribution < 1.29 is 23.9 Å². The third-order valence-corrected chi connectivity index (χ3v) is 6.83. The highest BCUT2D eigenvalue weighted by atomic mass is 16.5. The van der Waals surface area contributed by atoms with Gasteiger partial charge in [-0.05, 0) is 37.1 Å². The van der Waals surface area contributed by atoms with E-state index in [1.54, 1.807) is 6.07 Å². The van der Waals surface area contributed by atoms with Gasteiger partial charge in [0.25, 0.3) is 5.91 Å². The molecule has 4 atom stereocenters. The summed E-state index contributed by atoms with van der Waals surface area (Å²) in [6.45, 7) is 0.787. The minimum absolute atomic E-state index is 0.107. The predicted molar refractivity (Wildman–Crippen MR) is 132 cm³/mol. The van der Waals surface area contributed by atoms with Crippen LogP contribution < -0.4 is 15.4 Å². The molecule has 2 aromatic carbocycles. The molecule has 2 aliphatic heterocycles. The lowest BCUT2D eigenvalue weighted by atomic mass is 9.98. The fourth-order valence-electron chi connectivity index (χ4n) is 4.99. The summed E-state index contributed by atoms with van der Waals surface area (Å²) in [4.78, 5) is 55.2. The van der Waals surface area contributed by atoms with Gasteiger partial charge < -0.3 is 30.0 Å². The monoisotopic (exact) mass is 488 g/mol. The largest absolute Gasteiger partial charge is 0.488 e. The van der Waals surface area contributed by atoms with E-state index >= 15 is 0 Å². The van der Waals surface area contributed by atoms with Crippen LogP contribution in [0, 0.1) is 5.92 Å². The van der Waals surface area contributed by atoms with Crippen molar-refractivity contribution in [3.63, 3.8) is 0 Å². The van der Waals surface area contributed by atoms with Crippen LogP contribution in [0.25, 0.3) is 10.9 Å². The first kappa shape index (κ1) is 23.6. The first-order chi connectivity index (χ1) is 17.5. The van der Waals surface area contributed by atoms with Crippen molar-refractivity contribution in [2.45, 2.75) is 37.5 Å². The number of carbonyl (C=O) groups is 4. The van der Waals surface area contributed by atoms with Gasteiger partial charge in [-0.1, -0.05) is 36.4 Å². The first-order valence-corrected chi connectivity index (χ1v) is 12.2. The molecule has 3 N–H and O–H groups in total. The Bertz CT molecular complexity index is 1240. The van der Waals surface area contributed by atoms with Gasteiger partial charge in [0, 0.05) is 29.8 Å². The molecule has 0 bridgehead atoms. The van der Waals surface area contributed by atoms with Crippen LogP contribution in [0.4, 0.5) is 0 Å². The summed E-state index contributed by atoms with van der Waals surface area (Å²) in [6.07, 6.45) is 1.39. The Morgan fingerprint density at radius 1 is 1.14 bits per heavy atom. The topological polar surface area (TPSA) is 121 Å². The Kier molecular flexibility index (Phi) is 6.71. The number of carbonyl (C=O) groups excluding carboxylic acids is 4. The van der Waals surface area contributed by atoms with E-state index in [4.69, 9.17) is 4.74 Å². The third-order valence-electron chi connectivity index (χ3n) is 6.83. The Hall–Kier alpha value is -4.14. The average Bonchev–Trinajstić information content (AvgIpc) is 3.62. The maximum absolute atomic E-state index is 13.5. The normalized spacial score (nSPS) is 22.3. The van der Waals surface area contributed by atoms with Crippen LogP contribution in [0.2, 0.25) is 0 Å². The molecule has 186 valence electrons. The lowest BCUT2D eigenvalue weighted by Crippen LogP contribution is -2.49. The SMILES string of the molecule is O=C[C@H](C[C@@H]1CCNC1=O)NC(=O)[C@@H]1C[C@@H](Oc2ccccc2)CN1C(=O)c1cc2ccccc2[nH]1. The Morgan fingerprint density at radius 3 is 2.64 bits per heavy atom. The van der Waals surface area contributed by atoms with Crippen molar-refractivity contribution in [3.8, 4) is 5.75 Å². The van der Waals surface area contributed by atoms with Gasteiger partial charge in [0.15, 0.2) is 0 Å². The molecule has 9 heteroatoms. The van der Waals surface area contributed by atoms with Gasteiger partial charge in [-0.3, -0.25) is 14.4 Å².